The minimum Gasteiger partial charge on any atom is -0.533 e. The summed E-state index contributed by atoms with van der Waals surface area (Å²) in [4.78, 5) is 25.9. The van der Waals surface area contributed by atoms with Gasteiger partial charge in [0.05, 0.1) is 23.1 Å². The van der Waals surface area contributed by atoms with Crippen LogP contribution in [0, 0.1) is 0 Å². The Morgan fingerprint density at radius 2 is 1.71 bits per heavy atom. The number of carbonyl (C=O) groups excluding carboxylic acids is 1. The van der Waals surface area contributed by atoms with Crippen molar-refractivity contribution in [2.45, 2.75) is 46.1 Å². The normalized spacial score (nSPS) is 17.3. The van der Waals surface area contributed by atoms with Crippen LogP contribution in [-0.2, 0) is 23.9 Å². The van der Waals surface area contributed by atoms with Crippen molar-refractivity contribution in [1.82, 2.24) is 0 Å². The lowest BCUT2D eigenvalue weighted by Crippen LogP contribution is -2.41. The average molecular weight is 672 g/mol. The maximum atomic E-state index is 14.4. The van der Waals surface area contributed by atoms with Crippen molar-refractivity contribution >= 4 is 83.0 Å². The number of benzene rings is 4. The molecule has 8 nitrogen and oxygen atoms in total. The number of sulfone groups is 1. The van der Waals surface area contributed by atoms with Crippen LogP contribution in [0.1, 0.15) is 27.6 Å². The van der Waals surface area contributed by atoms with Crippen molar-refractivity contribution in [2.75, 3.05) is 7.11 Å². The molecule has 1 fully saturated rings. The number of aromatic carboxylic acids is 1. The second-order valence-electron chi connectivity index (χ2n) is 10.1. The van der Waals surface area contributed by atoms with Gasteiger partial charge in [0.1, 0.15) is 13.6 Å². The number of esters is 1. The highest BCUT2D eigenvalue weighted by molar-refractivity contribution is 8.05. The molecule has 2 aliphatic heterocycles. The van der Waals surface area contributed by atoms with E-state index in [1.807, 2.05) is 18.2 Å². The standard InChI is InChI=1S/C31H22B2O8S4/c1-17-31(2,45(37,38)27-16-18(29(34)35)11-14-24(27)42-22-9-5-4-7-20(22)32)41-33(40-17)21-8-6-10-25-28(21)44-23-13-12-19(30(36)39-3)15-26(23)43-25/h4-16H,1H2,2-3H3,(H,34,35). The van der Waals surface area contributed by atoms with Crippen molar-refractivity contribution in [3.05, 3.63) is 102 Å². The Morgan fingerprint density at radius 3 is 2.44 bits per heavy atom. The van der Waals surface area contributed by atoms with Gasteiger partial charge in [0.15, 0.2) is 0 Å². The lowest BCUT2D eigenvalue weighted by molar-refractivity contribution is 0.0599. The summed E-state index contributed by atoms with van der Waals surface area (Å²) in [6.45, 7) is 5.27. The number of fused-ring (bicyclic) bond motifs is 2. The Labute approximate surface area is 274 Å². The van der Waals surface area contributed by atoms with E-state index < -0.39 is 33.8 Å². The molecule has 6 rings (SSSR count). The molecular formula is C31H22B2O8S4. The molecule has 4 aromatic rings. The Morgan fingerprint density at radius 1 is 0.956 bits per heavy atom. The Hall–Kier alpha value is -3.55. The average Bonchev–Trinajstić information content (AvgIpc) is 3.35. The topological polar surface area (TPSA) is 116 Å². The number of hydrogen-bond acceptors (Lipinski definition) is 10. The SMILES string of the molecule is [B]c1ccccc1Sc1ccc(C(=O)O)cc1S(=O)(=O)C1(C)OB(c2cccc3c2Sc2ccc(C(=O)OC)cc2S3)OC1=C. The Balaban J connectivity index is 1.36. The maximum Gasteiger partial charge on any atom is 0.565 e. The molecule has 2 radical (unpaired) electrons. The van der Waals surface area contributed by atoms with Gasteiger partial charge in [0, 0.05) is 34.8 Å². The number of carbonyl (C=O) groups is 2. The molecule has 0 amide bonds. The third kappa shape index (κ3) is 5.59. The van der Waals surface area contributed by atoms with Gasteiger partial charge in [-0.1, -0.05) is 77.7 Å². The van der Waals surface area contributed by atoms with Crippen molar-refractivity contribution in [1.29, 1.82) is 0 Å². The minimum absolute atomic E-state index is 0.141. The molecule has 0 spiro atoms. The molecule has 1 atom stereocenters. The Kier molecular flexibility index (Phi) is 8.38. The number of hydrogen-bond donors (Lipinski definition) is 1. The third-order valence-corrected chi connectivity index (χ3v) is 13.5. The second kappa shape index (κ2) is 12.0. The second-order valence-corrected chi connectivity index (χ2v) is 15.5. The summed E-state index contributed by atoms with van der Waals surface area (Å²) < 4.78 is 46.0. The molecule has 224 valence electrons. The summed E-state index contributed by atoms with van der Waals surface area (Å²) >= 11 is 4.01. The summed E-state index contributed by atoms with van der Waals surface area (Å²) in [6.07, 6.45) is 0. The number of methoxy groups -OCH3 is 1. The highest BCUT2D eigenvalue weighted by Crippen LogP contribution is 2.49. The van der Waals surface area contributed by atoms with E-state index in [0.717, 1.165) is 37.4 Å². The first-order valence-corrected chi connectivity index (χ1v) is 17.3. The fourth-order valence-corrected chi connectivity index (χ4v) is 10.1. The zero-order valence-electron chi connectivity index (χ0n) is 23.8. The van der Waals surface area contributed by atoms with Gasteiger partial charge >= 0.3 is 19.1 Å². The van der Waals surface area contributed by atoms with Gasteiger partial charge in [-0.3, -0.25) is 0 Å². The summed E-state index contributed by atoms with van der Waals surface area (Å²) in [5.41, 5.74) is 1.27. The smallest absolute Gasteiger partial charge is 0.533 e. The van der Waals surface area contributed by atoms with Gasteiger partial charge < -0.3 is 19.2 Å². The minimum atomic E-state index is -4.46. The summed E-state index contributed by atoms with van der Waals surface area (Å²) in [5, 5.41) is 9.69. The molecule has 2 heterocycles. The molecule has 0 aliphatic carbocycles. The molecule has 14 heteroatoms. The quantitative estimate of drug-likeness (QED) is 0.182. The predicted molar refractivity (Wildman–Crippen MR) is 174 cm³/mol. The first kappa shape index (κ1) is 31.4. The highest BCUT2D eigenvalue weighted by Gasteiger charge is 2.56. The number of carboxylic acid groups (broad SMARTS) is 1. The monoisotopic (exact) mass is 672 g/mol. The van der Waals surface area contributed by atoms with Crippen LogP contribution in [0.15, 0.2) is 125 Å². The van der Waals surface area contributed by atoms with Crippen LogP contribution >= 0.6 is 35.3 Å². The van der Waals surface area contributed by atoms with Crippen molar-refractivity contribution in [3.8, 4) is 0 Å². The largest absolute Gasteiger partial charge is 0.565 e. The molecule has 45 heavy (non-hydrogen) atoms. The van der Waals surface area contributed by atoms with Gasteiger partial charge in [-0.15, -0.1) is 0 Å². The number of ether oxygens (including phenoxy) is 1. The molecule has 0 aromatic heterocycles. The highest BCUT2D eigenvalue weighted by atomic mass is 32.2. The van der Waals surface area contributed by atoms with Crippen LogP contribution in [0.25, 0.3) is 0 Å². The van der Waals surface area contributed by atoms with Gasteiger partial charge in [-0.2, -0.15) is 0 Å². The van der Waals surface area contributed by atoms with Crippen molar-refractivity contribution in [2.24, 2.45) is 0 Å². The molecule has 4 aromatic carbocycles. The maximum absolute atomic E-state index is 14.4. The molecular weight excluding hydrogens is 650 g/mol. The summed E-state index contributed by atoms with van der Waals surface area (Å²) in [5.74, 6) is -1.85. The van der Waals surface area contributed by atoms with Crippen molar-refractivity contribution < 1.29 is 37.2 Å². The van der Waals surface area contributed by atoms with E-state index in [1.165, 1.54) is 49.7 Å². The van der Waals surface area contributed by atoms with Gasteiger partial charge in [0.25, 0.3) is 0 Å². The first-order valence-electron chi connectivity index (χ1n) is 13.3. The van der Waals surface area contributed by atoms with Crippen molar-refractivity contribution in [3.63, 3.8) is 0 Å². The van der Waals surface area contributed by atoms with Crippen LogP contribution in [0.4, 0.5) is 0 Å². The van der Waals surface area contributed by atoms with E-state index in [9.17, 15) is 23.1 Å². The fraction of sp³-hybridized carbons (Fsp3) is 0.0968. The lowest BCUT2D eigenvalue weighted by atomic mass is 9.79. The number of carboxylic acids is 1. The zero-order chi connectivity index (χ0) is 32.1. The molecule has 1 unspecified atom stereocenters. The summed E-state index contributed by atoms with van der Waals surface area (Å²) in [6, 6.07) is 21.7. The fourth-order valence-electron chi connectivity index (χ4n) is 4.76. The molecule has 1 N–H and O–H groups in total. The van der Waals surface area contributed by atoms with Crippen LogP contribution in [0.2, 0.25) is 0 Å². The van der Waals surface area contributed by atoms with E-state index in [2.05, 4.69) is 6.58 Å². The third-order valence-electron chi connectivity index (χ3n) is 7.28. The van der Waals surface area contributed by atoms with Crippen LogP contribution < -0.4 is 10.9 Å². The molecule has 1 saturated heterocycles. The van der Waals surface area contributed by atoms with Gasteiger partial charge in [0.2, 0.25) is 14.8 Å². The van der Waals surface area contributed by atoms with Crippen LogP contribution in [-0.4, -0.2) is 52.5 Å². The zero-order valence-corrected chi connectivity index (χ0v) is 27.1. The van der Waals surface area contributed by atoms with Gasteiger partial charge in [-0.25, -0.2) is 18.0 Å². The van der Waals surface area contributed by atoms with Gasteiger partial charge in [-0.05, 0) is 55.5 Å². The first-order chi connectivity index (χ1) is 21.4. The number of rotatable bonds is 7. The summed E-state index contributed by atoms with van der Waals surface area (Å²) in [7, 11) is 1.87. The lowest BCUT2D eigenvalue weighted by Gasteiger charge is -2.25. The van der Waals surface area contributed by atoms with Crippen LogP contribution in [0.5, 0.6) is 0 Å². The predicted octanol–water partition coefficient (Wildman–Crippen LogP) is 5.18. The van der Waals surface area contributed by atoms with E-state index >= 15 is 0 Å². The van der Waals surface area contributed by atoms with Crippen LogP contribution in [0.3, 0.4) is 0 Å². The molecule has 0 bridgehead atoms. The van der Waals surface area contributed by atoms with E-state index in [4.69, 9.17) is 21.9 Å². The van der Waals surface area contributed by atoms with E-state index in [1.54, 1.807) is 42.5 Å². The molecule has 0 saturated carbocycles. The van der Waals surface area contributed by atoms with E-state index in [-0.39, 0.29) is 21.1 Å². The molecule has 2 aliphatic rings. The Bertz CT molecular complexity index is 2020. The van der Waals surface area contributed by atoms with E-state index in [0.29, 0.717) is 21.4 Å².